The molecule has 18 heavy (non-hydrogen) atoms. The van der Waals surface area contributed by atoms with Crippen molar-refractivity contribution < 1.29 is 4.79 Å². The van der Waals surface area contributed by atoms with Gasteiger partial charge in [0.2, 0.25) is 5.91 Å². The predicted molar refractivity (Wildman–Crippen MR) is 77.6 cm³/mol. The van der Waals surface area contributed by atoms with Crippen molar-refractivity contribution in [2.45, 2.75) is 45.6 Å². The van der Waals surface area contributed by atoms with Crippen LogP contribution in [0.1, 0.15) is 39.5 Å². The number of hydrogen-bond donors (Lipinski definition) is 1. The van der Waals surface area contributed by atoms with Crippen LogP contribution in [0.4, 0.5) is 0 Å². The highest BCUT2D eigenvalue weighted by atomic mass is 79.9. The lowest BCUT2D eigenvalue weighted by Crippen LogP contribution is -2.46. The highest BCUT2D eigenvalue weighted by molar-refractivity contribution is 9.09. The fraction of sp³-hybridized carbons (Fsp3) is 0.929. The Bertz CT molecular complexity index is 321. The number of alkyl halides is 1. The molecule has 104 valence electrons. The second-order valence-corrected chi connectivity index (χ2v) is 7.19. The molecule has 1 spiro atoms. The molecule has 0 aromatic rings. The number of nitrogens with two attached hydrogens (primary N) is 1. The van der Waals surface area contributed by atoms with Crippen molar-refractivity contribution in [1.82, 2.24) is 4.90 Å². The van der Waals surface area contributed by atoms with Crippen LogP contribution in [0.3, 0.4) is 0 Å². The van der Waals surface area contributed by atoms with Gasteiger partial charge in [-0.2, -0.15) is 0 Å². The Morgan fingerprint density at radius 3 is 2.78 bits per heavy atom. The monoisotopic (exact) mass is 316 g/mol. The number of nitrogens with zero attached hydrogens (tertiary/aromatic N) is 1. The van der Waals surface area contributed by atoms with Crippen LogP contribution in [0.5, 0.6) is 0 Å². The molecule has 0 aromatic carbocycles. The van der Waals surface area contributed by atoms with E-state index in [1.54, 1.807) is 0 Å². The van der Waals surface area contributed by atoms with E-state index >= 15 is 0 Å². The number of rotatable bonds is 3. The lowest BCUT2D eigenvalue weighted by molar-refractivity contribution is -0.132. The molecule has 1 aliphatic carbocycles. The first-order valence-corrected chi connectivity index (χ1v) is 8.20. The maximum absolute atomic E-state index is 12.3. The van der Waals surface area contributed by atoms with Crippen LogP contribution >= 0.6 is 15.9 Å². The summed E-state index contributed by atoms with van der Waals surface area (Å²) in [7, 11) is 0. The molecule has 1 saturated heterocycles. The maximum atomic E-state index is 12.3. The average molecular weight is 317 g/mol. The molecule has 3 nitrogen and oxygen atoms in total. The molecule has 2 N–H and O–H groups in total. The number of likely N-dealkylation sites (tertiary alicyclic amines) is 1. The van der Waals surface area contributed by atoms with Gasteiger partial charge in [0.1, 0.15) is 0 Å². The molecule has 2 rings (SSSR count). The van der Waals surface area contributed by atoms with Gasteiger partial charge < -0.3 is 10.6 Å². The van der Waals surface area contributed by atoms with Crippen LogP contribution in [0.2, 0.25) is 0 Å². The highest BCUT2D eigenvalue weighted by Gasteiger charge is 2.45. The van der Waals surface area contributed by atoms with Gasteiger partial charge in [0.25, 0.3) is 0 Å². The summed E-state index contributed by atoms with van der Waals surface area (Å²) in [5, 5.41) is 1.11. The third kappa shape index (κ3) is 2.74. The minimum Gasteiger partial charge on any atom is -0.341 e. The minimum absolute atomic E-state index is 0.157. The smallest absolute Gasteiger partial charge is 0.239 e. The average Bonchev–Trinajstić information content (AvgIpc) is 2.95. The van der Waals surface area contributed by atoms with Gasteiger partial charge in [-0.3, -0.25) is 4.79 Å². The third-order valence-corrected chi connectivity index (χ3v) is 5.69. The second kappa shape index (κ2) is 5.49. The molecular weight excluding hydrogens is 292 g/mol. The van der Waals surface area contributed by atoms with Gasteiger partial charge in [-0.1, -0.05) is 29.8 Å². The van der Waals surface area contributed by atoms with Gasteiger partial charge in [0.05, 0.1) is 6.04 Å². The highest BCUT2D eigenvalue weighted by Crippen LogP contribution is 2.48. The van der Waals surface area contributed by atoms with E-state index < -0.39 is 0 Å². The van der Waals surface area contributed by atoms with Crippen molar-refractivity contribution in [1.29, 1.82) is 0 Å². The fourth-order valence-electron chi connectivity index (χ4n) is 3.45. The normalized spacial score (nSPS) is 33.6. The summed E-state index contributed by atoms with van der Waals surface area (Å²) in [5.41, 5.74) is 6.39. The fourth-order valence-corrected chi connectivity index (χ4v) is 4.00. The van der Waals surface area contributed by atoms with Gasteiger partial charge in [-0.05, 0) is 42.9 Å². The molecule has 0 unspecified atom stereocenters. The Balaban J connectivity index is 1.94. The zero-order valence-corrected chi connectivity index (χ0v) is 13.1. The number of amides is 1. The summed E-state index contributed by atoms with van der Waals surface area (Å²) in [6.07, 6.45) is 5.04. The Morgan fingerprint density at radius 2 is 2.22 bits per heavy atom. The van der Waals surface area contributed by atoms with Gasteiger partial charge in [-0.25, -0.2) is 0 Å². The summed E-state index contributed by atoms with van der Waals surface area (Å²) < 4.78 is 0. The number of carbonyl (C=O) groups is 1. The van der Waals surface area contributed by atoms with Crippen LogP contribution in [0.15, 0.2) is 0 Å². The third-order valence-electron chi connectivity index (χ3n) is 4.78. The lowest BCUT2D eigenvalue weighted by Gasteiger charge is -2.26. The molecule has 2 aliphatic rings. The van der Waals surface area contributed by atoms with E-state index in [2.05, 4.69) is 15.9 Å². The van der Waals surface area contributed by atoms with Gasteiger partial charge in [0, 0.05) is 18.4 Å². The summed E-state index contributed by atoms with van der Waals surface area (Å²) >= 11 is 3.59. The Labute approximate surface area is 119 Å². The Kier molecular flexibility index (Phi) is 4.37. The molecule has 1 aliphatic heterocycles. The molecule has 2 fully saturated rings. The first-order valence-electron chi connectivity index (χ1n) is 7.08. The van der Waals surface area contributed by atoms with Crippen molar-refractivity contribution >= 4 is 21.8 Å². The van der Waals surface area contributed by atoms with Crippen molar-refractivity contribution in [2.24, 2.45) is 23.0 Å². The topological polar surface area (TPSA) is 46.3 Å². The molecular formula is C14H25BrN2O. The first kappa shape index (κ1) is 14.3. The first-order chi connectivity index (χ1) is 8.47. The second-order valence-electron chi connectivity index (χ2n) is 6.54. The SMILES string of the molecule is CC(C)[C@@H](N)C(=O)N1CC[C@]2(CC[C@@H](CBr)C2)C1. The summed E-state index contributed by atoms with van der Waals surface area (Å²) in [6, 6.07) is -0.325. The molecule has 1 saturated carbocycles. The van der Waals surface area contributed by atoms with Crippen LogP contribution < -0.4 is 5.73 Å². The van der Waals surface area contributed by atoms with E-state index in [4.69, 9.17) is 5.73 Å². The van der Waals surface area contributed by atoms with Crippen LogP contribution in [-0.2, 0) is 4.79 Å². The summed E-state index contributed by atoms with van der Waals surface area (Å²) in [6.45, 7) is 5.89. The quantitative estimate of drug-likeness (QED) is 0.813. The van der Waals surface area contributed by atoms with Crippen LogP contribution in [-0.4, -0.2) is 35.3 Å². The molecule has 0 bridgehead atoms. The van der Waals surface area contributed by atoms with Crippen molar-refractivity contribution in [3.63, 3.8) is 0 Å². The van der Waals surface area contributed by atoms with E-state index in [9.17, 15) is 4.79 Å². The molecule has 4 heteroatoms. The minimum atomic E-state index is -0.325. The Morgan fingerprint density at radius 1 is 1.50 bits per heavy atom. The molecule has 1 amide bonds. The Hall–Kier alpha value is -0.0900. The van der Waals surface area contributed by atoms with Gasteiger partial charge in [0.15, 0.2) is 0 Å². The largest absolute Gasteiger partial charge is 0.341 e. The summed E-state index contributed by atoms with van der Waals surface area (Å²) in [4.78, 5) is 14.3. The zero-order valence-electron chi connectivity index (χ0n) is 11.5. The predicted octanol–water partition coefficient (Wildman–Crippen LogP) is 2.38. The van der Waals surface area contributed by atoms with E-state index in [0.29, 0.717) is 5.41 Å². The van der Waals surface area contributed by atoms with Gasteiger partial charge >= 0.3 is 0 Å². The van der Waals surface area contributed by atoms with Crippen LogP contribution in [0, 0.1) is 17.3 Å². The molecule has 3 atom stereocenters. The van der Waals surface area contributed by atoms with Gasteiger partial charge in [-0.15, -0.1) is 0 Å². The van der Waals surface area contributed by atoms with Crippen molar-refractivity contribution in [2.75, 3.05) is 18.4 Å². The summed E-state index contributed by atoms with van der Waals surface area (Å²) in [5.74, 6) is 1.19. The standard InChI is InChI=1S/C14H25BrN2O/c1-10(2)12(16)13(18)17-6-5-14(9-17)4-3-11(7-14)8-15/h10-12H,3-9,16H2,1-2H3/t11-,12-,14+/m1/s1. The lowest BCUT2D eigenvalue weighted by atomic mass is 9.85. The van der Waals surface area contributed by atoms with Crippen molar-refractivity contribution in [3.8, 4) is 0 Å². The number of halogens is 1. The maximum Gasteiger partial charge on any atom is 0.239 e. The van der Waals surface area contributed by atoms with E-state index in [0.717, 1.165) is 24.3 Å². The molecule has 0 radical (unpaired) electrons. The molecule has 1 heterocycles. The van der Waals surface area contributed by atoms with E-state index in [1.165, 1.54) is 25.7 Å². The van der Waals surface area contributed by atoms with E-state index in [1.807, 2.05) is 18.7 Å². The van der Waals surface area contributed by atoms with Crippen LogP contribution in [0.25, 0.3) is 0 Å². The number of hydrogen-bond acceptors (Lipinski definition) is 2. The number of carbonyl (C=O) groups excluding carboxylic acids is 1. The van der Waals surface area contributed by atoms with Crippen molar-refractivity contribution in [3.05, 3.63) is 0 Å². The zero-order chi connectivity index (χ0) is 13.3. The molecule has 0 aromatic heterocycles. The van der Waals surface area contributed by atoms with E-state index in [-0.39, 0.29) is 17.9 Å².